The Morgan fingerprint density at radius 1 is 1.32 bits per heavy atom. The Bertz CT molecular complexity index is 398. The first-order valence-electron chi connectivity index (χ1n) is 6.55. The van der Waals surface area contributed by atoms with Gasteiger partial charge in [0.05, 0.1) is 18.7 Å². The van der Waals surface area contributed by atoms with Crippen molar-refractivity contribution >= 4 is 5.91 Å². The molecule has 4 heteroatoms. The number of amides is 1. The molecular weight excluding hydrogens is 240 g/mol. The van der Waals surface area contributed by atoms with Gasteiger partial charge in [0.15, 0.2) is 0 Å². The molecule has 0 spiro atoms. The van der Waals surface area contributed by atoms with Crippen molar-refractivity contribution < 1.29 is 9.90 Å². The number of carbonyl (C=O) groups is 1. The second-order valence-corrected chi connectivity index (χ2v) is 5.92. The van der Waals surface area contributed by atoms with E-state index in [0.717, 1.165) is 5.56 Å². The molecule has 4 nitrogen and oxygen atoms in total. The molecule has 106 valence electrons. The van der Waals surface area contributed by atoms with Gasteiger partial charge in [0.25, 0.3) is 0 Å². The summed E-state index contributed by atoms with van der Waals surface area (Å²) in [5.74, 6) is -0.220. The average molecular weight is 264 g/mol. The fourth-order valence-corrected chi connectivity index (χ4v) is 1.74. The molecule has 0 aliphatic heterocycles. The second-order valence-electron chi connectivity index (χ2n) is 5.92. The Morgan fingerprint density at radius 2 is 1.89 bits per heavy atom. The maximum absolute atomic E-state index is 12.0. The van der Waals surface area contributed by atoms with Gasteiger partial charge in [-0.25, -0.2) is 0 Å². The summed E-state index contributed by atoms with van der Waals surface area (Å²) in [5.41, 5.74) is 6.68. The largest absolute Gasteiger partial charge is 0.394 e. The van der Waals surface area contributed by atoms with E-state index in [1.807, 2.05) is 51.1 Å². The Labute approximate surface area is 115 Å². The lowest BCUT2D eigenvalue weighted by molar-refractivity contribution is -0.125. The van der Waals surface area contributed by atoms with Crippen LogP contribution in [0.4, 0.5) is 0 Å². The number of aliphatic hydroxyl groups is 1. The lowest BCUT2D eigenvalue weighted by Gasteiger charge is -2.28. The van der Waals surface area contributed by atoms with Crippen LogP contribution in [-0.2, 0) is 11.2 Å². The standard InChI is InChI=1S/C15H24N2O2/c1-15(2,3)13(16)14(19)17-12(10-18)9-11-7-5-4-6-8-11/h4-8,12-13,18H,9-10,16H2,1-3H3,(H,17,19)/t12?,13-/m0/s1. The highest BCUT2D eigenvalue weighted by molar-refractivity contribution is 5.82. The molecule has 0 fully saturated rings. The van der Waals surface area contributed by atoms with Crippen molar-refractivity contribution in [3.63, 3.8) is 0 Å². The summed E-state index contributed by atoms with van der Waals surface area (Å²) in [6, 6.07) is 8.86. The third-order valence-corrected chi connectivity index (χ3v) is 3.11. The van der Waals surface area contributed by atoms with E-state index >= 15 is 0 Å². The van der Waals surface area contributed by atoms with Crippen molar-refractivity contribution in [2.75, 3.05) is 6.61 Å². The minimum Gasteiger partial charge on any atom is -0.394 e. The molecule has 0 radical (unpaired) electrons. The van der Waals surface area contributed by atoms with Crippen LogP contribution < -0.4 is 11.1 Å². The monoisotopic (exact) mass is 264 g/mol. The van der Waals surface area contributed by atoms with Crippen molar-refractivity contribution in [2.45, 2.75) is 39.3 Å². The number of hydrogen-bond acceptors (Lipinski definition) is 3. The quantitative estimate of drug-likeness (QED) is 0.745. The molecule has 0 heterocycles. The molecule has 2 atom stereocenters. The Balaban J connectivity index is 2.60. The molecular formula is C15H24N2O2. The van der Waals surface area contributed by atoms with E-state index in [-0.39, 0.29) is 24.0 Å². The number of rotatable bonds is 5. The van der Waals surface area contributed by atoms with Crippen LogP contribution in [0.3, 0.4) is 0 Å². The van der Waals surface area contributed by atoms with E-state index in [1.165, 1.54) is 0 Å². The van der Waals surface area contributed by atoms with E-state index in [2.05, 4.69) is 5.32 Å². The topological polar surface area (TPSA) is 75.4 Å². The predicted molar refractivity (Wildman–Crippen MR) is 76.6 cm³/mol. The molecule has 0 saturated carbocycles. The number of benzene rings is 1. The van der Waals surface area contributed by atoms with Crippen LogP contribution in [0.25, 0.3) is 0 Å². The van der Waals surface area contributed by atoms with Crippen molar-refractivity contribution in [3.05, 3.63) is 35.9 Å². The zero-order valence-corrected chi connectivity index (χ0v) is 11.9. The molecule has 1 aromatic carbocycles. The van der Waals surface area contributed by atoms with Gasteiger partial charge in [0.2, 0.25) is 5.91 Å². The van der Waals surface area contributed by atoms with Gasteiger partial charge in [-0.2, -0.15) is 0 Å². The Kier molecular flexibility index (Phi) is 5.51. The summed E-state index contributed by atoms with van der Waals surface area (Å²) in [6.45, 7) is 5.66. The highest BCUT2D eigenvalue weighted by Crippen LogP contribution is 2.17. The van der Waals surface area contributed by atoms with Gasteiger partial charge in [-0.05, 0) is 17.4 Å². The Morgan fingerprint density at radius 3 is 2.37 bits per heavy atom. The predicted octanol–water partition coefficient (Wildman–Crippen LogP) is 1.08. The van der Waals surface area contributed by atoms with Crippen molar-refractivity contribution in [2.24, 2.45) is 11.1 Å². The van der Waals surface area contributed by atoms with Crippen LogP contribution >= 0.6 is 0 Å². The summed E-state index contributed by atoms with van der Waals surface area (Å²) >= 11 is 0. The molecule has 4 N–H and O–H groups in total. The number of carbonyl (C=O) groups excluding carboxylic acids is 1. The summed E-state index contributed by atoms with van der Waals surface area (Å²) in [5, 5.41) is 12.2. The number of nitrogens with one attached hydrogen (secondary N) is 1. The van der Waals surface area contributed by atoms with Crippen molar-refractivity contribution in [1.82, 2.24) is 5.32 Å². The van der Waals surface area contributed by atoms with Gasteiger partial charge in [-0.3, -0.25) is 4.79 Å². The normalized spacial score (nSPS) is 14.8. The molecule has 0 bridgehead atoms. The van der Waals surface area contributed by atoms with Gasteiger partial charge in [-0.1, -0.05) is 51.1 Å². The van der Waals surface area contributed by atoms with Crippen LogP contribution in [0.15, 0.2) is 30.3 Å². The molecule has 0 aliphatic carbocycles. The van der Waals surface area contributed by atoms with E-state index in [1.54, 1.807) is 0 Å². The van der Waals surface area contributed by atoms with Crippen LogP contribution in [0.5, 0.6) is 0 Å². The highest BCUT2D eigenvalue weighted by atomic mass is 16.3. The molecule has 1 rings (SSSR count). The van der Waals surface area contributed by atoms with E-state index in [0.29, 0.717) is 6.42 Å². The molecule has 1 unspecified atom stereocenters. The molecule has 0 saturated heterocycles. The average Bonchev–Trinajstić information content (AvgIpc) is 2.37. The zero-order chi connectivity index (χ0) is 14.5. The van der Waals surface area contributed by atoms with Crippen molar-refractivity contribution in [1.29, 1.82) is 0 Å². The van der Waals surface area contributed by atoms with Crippen LogP contribution in [-0.4, -0.2) is 29.7 Å². The first kappa shape index (κ1) is 15.7. The fourth-order valence-electron chi connectivity index (χ4n) is 1.74. The molecule has 1 aromatic rings. The minimum absolute atomic E-state index is 0.0997. The van der Waals surface area contributed by atoms with Crippen LogP contribution in [0.2, 0.25) is 0 Å². The van der Waals surface area contributed by atoms with Crippen molar-refractivity contribution in [3.8, 4) is 0 Å². The van der Waals surface area contributed by atoms with Gasteiger partial charge in [-0.15, -0.1) is 0 Å². The summed E-state index contributed by atoms with van der Waals surface area (Å²) in [4.78, 5) is 12.0. The maximum Gasteiger partial charge on any atom is 0.237 e. The van der Waals surface area contributed by atoms with Gasteiger partial charge in [0.1, 0.15) is 0 Å². The van der Waals surface area contributed by atoms with E-state index in [9.17, 15) is 9.90 Å². The van der Waals surface area contributed by atoms with Gasteiger partial charge in [0, 0.05) is 0 Å². The lowest BCUT2D eigenvalue weighted by atomic mass is 9.86. The van der Waals surface area contributed by atoms with Gasteiger partial charge < -0.3 is 16.2 Å². The lowest BCUT2D eigenvalue weighted by Crippen LogP contribution is -2.52. The number of aliphatic hydroxyl groups excluding tert-OH is 1. The zero-order valence-electron chi connectivity index (χ0n) is 11.9. The van der Waals surface area contributed by atoms with E-state index < -0.39 is 6.04 Å². The third-order valence-electron chi connectivity index (χ3n) is 3.11. The smallest absolute Gasteiger partial charge is 0.237 e. The fraction of sp³-hybridized carbons (Fsp3) is 0.533. The second kappa shape index (κ2) is 6.68. The number of hydrogen-bond donors (Lipinski definition) is 3. The highest BCUT2D eigenvalue weighted by Gasteiger charge is 2.28. The van der Waals surface area contributed by atoms with Crippen LogP contribution in [0, 0.1) is 5.41 Å². The molecule has 0 aromatic heterocycles. The summed E-state index contributed by atoms with van der Waals surface area (Å²) in [7, 11) is 0. The molecule has 0 aliphatic rings. The molecule has 19 heavy (non-hydrogen) atoms. The third kappa shape index (κ3) is 5.01. The number of nitrogens with two attached hydrogens (primary N) is 1. The SMILES string of the molecule is CC(C)(C)[C@@H](N)C(=O)NC(CO)Cc1ccccc1. The van der Waals surface area contributed by atoms with Gasteiger partial charge >= 0.3 is 0 Å². The van der Waals surface area contributed by atoms with E-state index in [4.69, 9.17) is 5.73 Å². The maximum atomic E-state index is 12.0. The Hall–Kier alpha value is -1.39. The first-order chi connectivity index (χ1) is 8.84. The summed E-state index contributed by atoms with van der Waals surface area (Å²) < 4.78 is 0. The minimum atomic E-state index is -0.586. The summed E-state index contributed by atoms with van der Waals surface area (Å²) in [6.07, 6.45) is 0.597. The first-order valence-corrected chi connectivity index (χ1v) is 6.55. The molecule has 1 amide bonds. The van der Waals surface area contributed by atoms with Crippen LogP contribution in [0.1, 0.15) is 26.3 Å².